The third-order valence-corrected chi connectivity index (χ3v) is 5.08. The third kappa shape index (κ3) is 4.19. The molecule has 1 aliphatic rings. The van der Waals surface area contributed by atoms with Crippen LogP contribution in [0.25, 0.3) is 11.0 Å². The van der Waals surface area contributed by atoms with Crippen molar-refractivity contribution in [2.24, 2.45) is 7.05 Å². The van der Waals surface area contributed by atoms with Crippen LogP contribution in [-0.4, -0.2) is 35.2 Å². The Labute approximate surface area is 171 Å². The molecule has 1 fully saturated rings. The Morgan fingerprint density at radius 2 is 1.83 bits per heavy atom. The Morgan fingerprint density at radius 1 is 1.13 bits per heavy atom. The predicted octanol–water partition coefficient (Wildman–Crippen LogP) is 4.21. The molecule has 3 aromatic rings. The molecule has 0 radical (unpaired) electrons. The fourth-order valence-corrected chi connectivity index (χ4v) is 3.55. The SMILES string of the molecule is Cn1c(N2CCCC2)nc2cc(NC(=O)COc3ccc(C(F)(F)F)cc3)ccc21. The second-order valence-corrected chi connectivity index (χ2v) is 7.23. The predicted molar refractivity (Wildman–Crippen MR) is 108 cm³/mol. The Hall–Kier alpha value is -3.23. The Balaban J connectivity index is 1.39. The van der Waals surface area contributed by atoms with Gasteiger partial charge in [0.25, 0.3) is 5.91 Å². The van der Waals surface area contributed by atoms with Crippen molar-refractivity contribution in [3.63, 3.8) is 0 Å². The van der Waals surface area contributed by atoms with Crippen molar-refractivity contribution in [3.8, 4) is 5.75 Å². The highest BCUT2D eigenvalue weighted by molar-refractivity contribution is 5.94. The molecule has 9 heteroatoms. The normalized spacial score (nSPS) is 14.3. The van der Waals surface area contributed by atoms with E-state index < -0.39 is 17.6 Å². The van der Waals surface area contributed by atoms with E-state index in [0.717, 1.165) is 55.0 Å². The van der Waals surface area contributed by atoms with Gasteiger partial charge in [-0.2, -0.15) is 13.2 Å². The average molecular weight is 418 g/mol. The number of anilines is 2. The lowest BCUT2D eigenvalue weighted by Gasteiger charge is -2.15. The highest BCUT2D eigenvalue weighted by Gasteiger charge is 2.30. The summed E-state index contributed by atoms with van der Waals surface area (Å²) in [6.07, 6.45) is -2.10. The first kappa shape index (κ1) is 20.1. The minimum atomic E-state index is -4.41. The number of fused-ring (bicyclic) bond motifs is 1. The molecule has 0 bridgehead atoms. The molecule has 1 saturated heterocycles. The second-order valence-electron chi connectivity index (χ2n) is 7.23. The van der Waals surface area contributed by atoms with Gasteiger partial charge in [-0.15, -0.1) is 0 Å². The minimum Gasteiger partial charge on any atom is -0.484 e. The van der Waals surface area contributed by atoms with Crippen molar-refractivity contribution < 1.29 is 22.7 Å². The number of halogens is 3. The van der Waals surface area contributed by atoms with Crippen molar-refractivity contribution in [2.75, 3.05) is 29.9 Å². The molecule has 1 N–H and O–H groups in total. The summed E-state index contributed by atoms with van der Waals surface area (Å²) in [6.45, 7) is 1.66. The summed E-state index contributed by atoms with van der Waals surface area (Å²) in [5.41, 5.74) is 1.56. The second kappa shape index (κ2) is 7.89. The number of imidazole rings is 1. The van der Waals surface area contributed by atoms with E-state index >= 15 is 0 Å². The van der Waals surface area contributed by atoms with Gasteiger partial charge < -0.3 is 19.5 Å². The molecular weight excluding hydrogens is 397 g/mol. The molecule has 0 unspecified atom stereocenters. The van der Waals surface area contributed by atoms with Crippen LogP contribution in [0.2, 0.25) is 0 Å². The molecule has 1 amide bonds. The van der Waals surface area contributed by atoms with E-state index in [2.05, 4.69) is 10.2 Å². The summed E-state index contributed by atoms with van der Waals surface area (Å²) in [5.74, 6) is 0.690. The number of rotatable bonds is 5. The zero-order valence-corrected chi connectivity index (χ0v) is 16.4. The molecule has 158 valence electrons. The molecule has 0 atom stereocenters. The van der Waals surface area contributed by atoms with E-state index in [1.54, 1.807) is 12.1 Å². The van der Waals surface area contributed by atoms with Crippen LogP contribution in [0.1, 0.15) is 18.4 Å². The van der Waals surface area contributed by atoms with Gasteiger partial charge in [0, 0.05) is 25.8 Å². The van der Waals surface area contributed by atoms with Crippen LogP contribution < -0.4 is 15.0 Å². The highest BCUT2D eigenvalue weighted by Crippen LogP contribution is 2.30. The topological polar surface area (TPSA) is 59.4 Å². The summed E-state index contributed by atoms with van der Waals surface area (Å²) in [6, 6.07) is 9.69. The summed E-state index contributed by atoms with van der Waals surface area (Å²) in [5, 5.41) is 2.73. The number of benzene rings is 2. The van der Waals surface area contributed by atoms with Crippen LogP contribution >= 0.6 is 0 Å². The molecule has 2 aromatic carbocycles. The maximum absolute atomic E-state index is 12.6. The van der Waals surface area contributed by atoms with E-state index in [4.69, 9.17) is 9.72 Å². The average Bonchev–Trinajstić information content (AvgIpc) is 3.34. The summed E-state index contributed by atoms with van der Waals surface area (Å²) in [7, 11) is 1.97. The number of carbonyl (C=O) groups excluding carboxylic acids is 1. The van der Waals surface area contributed by atoms with E-state index in [1.807, 2.05) is 17.7 Å². The van der Waals surface area contributed by atoms with E-state index in [9.17, 15) is 18.0 Å². The van der Waals surface area contributed by atoms with Crippen LogP contribution in [0.3, 0.4) is 0 Å². The van der Waals surface area contributed by atoms with Crippen LogP contribution in [0, 0.1) is 0 Å². The number of aryl methyl sites for hydroxylation is 1. The summed E-state index contributed by atoms with van der Waals surface area (Å²) >= 11 is 0. The van der Waals surface area contributed by atoms with Crippen molar-refractivity contribution in [2.45, 2.75) is 19.0 Å². The molecular formula is C21H21F3N4O2. The lowest BCUT2D eigenvalue weighted by atomic mass is 10.2. The minimum absolute atomic E-state index is 0.189. The quantitative estimate of drug-likeness (QED) is 0.675. The molecule has 1 aliphatic heterocycles. The zero-order chi connectivity index (χ0) is 21.3. The maximum atomic E-state index is 12.6. The standard InChI is InChI=1S/C21H21F3N4O2/c1-27-18-9-6-15(12-17(18)26-20(27)28-10-2-3-11-28)25-19(29)13-30-16-7-4-14(5-8-16)21(22,23)24/h4-9,12H,2-3,10-11,13H2,1H3,(H,25,29). The fourth-order valence-electron chi connectivity index (χ4n) is 3.55. The van der Waals surface area contributed by atoms with Gasteiger partial charge in [-0.3, -0.25) is 4.79 Å². The van der Waals surface area contributed by atoms with Gasteiger partial charge in [-0.05, 0) is 55.3 Å². The third-order valence-electron chi connectivity index (χ3n) is 5.08. The van der Waals surface area contributed by atoms with E-state index in [0.29, 0.717) is 5.69 Å². The molecule has 4 rings (SSSR count). The summed E-state index contributed by atoms with van der Waals surface area (Å²) in [4.78, 5) is 19.1. The van der Waals surface area contributed by atoms with Crippen molar-refractivity contribution in [1.82, 2.24) is 9.55 Å². The van der Waals surface area contributed by atoms with Crippen LogP contribution in [-0.2, 0) is 18.0 Å². The summed E-state index contributed by atoms with van der Waals surface area (Å²) < 4.78 is 45.1. The first-order chi connectivity index (χ1) is 14.3. The van der Waals surface area contributed by atoms with Gasteiger partial charge >= 0.3 is 6.18 Å². The molecule has 1 aromatic heterocycles. The lowest BCUT2D eigenvalue weighted by molar-refractivity contribution is -0.137. The Kier molecular flexibility index (Phi) is 5.27. The number of ether oxygens (including phenoxy) is 1. The van der Waals surface area contributed by atoms with Crippen LogP contribution in [0.4, 0.5) is 24.8 Å². The zero-order valence-electron chi connectivity index (χ0n) is 16.4. The first-order valence-electron chi connectivity index (χ1n) is 9.62. The van der Waals surface area contributed by atoms with Gasteiger partial charge in [0.05, 0.1) is 16.6 Å². The smallest absolute Gasteiger partial charge is 0.416 e. The van der Waals surface area contributed by atoms with Gasteiger partial charge in [0.2, 0.25) is 5.95 Å². The van der Waals surface area contributed by atoms with Crippen molar-refractivity contribution in [1.29, 1.82) is 0 Å². The van der Waals surface area contributed by atoms with Crippen molar-refractivity contribution in [3.05, 3.63) is 48.0 Å². The molecule has 0 aliphatic carbocycles. The number of hydrogen-bond donors (Lipinski definition) is 1. The molecule has 0 saturated carbocycles. The number of nitrogens with zero attached hydrogens (tertiary/aromatic N) is 3. The molecule has 0 spiro atoms. The fraction of sp³-hybridized carbons (Fsp3) is 0.333. The van der Waals surface area contributed by atoms with Gasteiger partial charge in [-0.1, -0.05) is 0 Å². The van der Waals surface area contributed by atoms with Crippen LogP contribution in [0.15, 0.2) is 42.5 Å². The highest BCUT2D eigenvalue weighted by atomic mass is 19.4. The number of nitrogens with one attached hydrogen (secondary N) is 1. The number of carbonyl (C=O) groups is 1. The largest absolute Gasteiger partial charge is 0.484 e. The van der Waals surface area contributed by atoms with Gasteiger partial charge in [-0.25, -0.2) is 4.98 Å². The van der Waals surface area contributed by atoms with Gasteiger partial charge in [0.15, 0.2) is 6.61 Å². The Morgan fingerprint density at radius 3 is 2.50 bits per heavy atom. The number of amides is 1. The monoisotopic (exact) mass is 418 g/mol. The van der Waals surface area contributed by atoms with Crippen LogP contribution in [0.5, 0.6) is 5.75 Å². The van der Waals surface area contributed by atoms with Gasteiger partial charge in [0.1, 0.15) is 5.75 Å². The number of hydrogen-bond acceptors (Lipinski definition) is 4. The first-order valence-corrected chi connectivity index (χ1v) is 9.62. The van der Waals surface area contributed by atoms with Crippen molar-refractivity contribution >= 4 is 28.6 Å². The molecule has 30 heavy (non-hydrogen) atoms. The Bertz CT molecular complexity index is 1050. The lowest BCUT2D eigenvalue weighted by Crippen LogP contribution is -2.21. The van der Waals surface area contributed by atoms with E-state index in [-0.39, 0.29) is 12.4 Å². The number of alkyl halides is 3. The maximum Gasteiger partial charge on any atom is 0.416 e. The number of aromatic nitrogens is 2. The van der Waals surface area contributed by atoms with E-state index in [1.165, 1.54) is 12.1 Å². The molecule has 6 nitrogen and oxygen atoms in total. The molecule has 2 heterocycles.